The van der Waals surface area contributed by atoms with Gasteiger partial charge in [0.2, 0.25) is 0 Å². The van der Waals surface area contributed by atoms with Gasteiger partial charge in [0.1, 0.15) is 17.3 Å². The smallest absolute Gasteiger partial charge is 0.292 e. The van der Waals surface area contributed by atoms with Gasteiger partial charge in [0.15, 0.2) is 0 Å². The van der Waals surface area contributed by atoms with Crippen molar-refractivity contribution < 1.29 is 9.72 Å². The number of nitro groups is 1. The first-order valence-corrected chi connectivity index (χ1v) is 6.00. The van der Waals surface area contributed by atoms with Gasteiger partial charge in [0, 0.05) is 19.7 Å². The molecule has 2 N–H and O–H groups in total. The number of nitrogens with zero attached hydrogens (tertiary/aromatic N) is 2. The Balaban J connectivity index is 3.15. The fraction of sp³-hybridized carbons (Fsp3) is 0.143. The Kier molecular flexibility index (Phi) is 5.65. The summed E-state index contributed by atoms with van der Waals surface area (Å²) in [6.45, 7) is 3.69. The van der Waals surface area contributed by atoms with Gasteiger partial charge in [-0.05, 0) is 17.7 Å². The molecule has 108 valence electrons. The summed E-state index contributed by atoms with van der Waals surface area (Å²) in [4.78, 5) is 22.1. The third kappa shape index (κ3) is 4.18. The number of hydrogen-bond donors (Lipinski definition) is 2. The standard InChI is InChI=1S/C14H14N4O3/c1-3-6-17-14(19)11(9-15)7-10-4-5-12(16-2)13(8-10)18(20)21/h3-5,7-8,16H,1,6H2,2H3,(H,17,19)/b11-7+. The second-order valence-corrected chi connectivity index (χ2v) is 3.95. The first-order valence-electron chi connectivity index (χ1n) is 6.00. The normalized spacial score (nSPS) is 10.4. The van der Waals surface area contributed by atoms with Crippen LogP contribution >= 0.6 is 0 Å². The Morgan fingerprint density at radius 2 is 2.29 bits per heavy atom. The summed E-state index contributed by atoms with van der Waals surface area (Å²) in [5.41, 5.74) is 0.483. The molecule has 1 aromatic rings. The maximum absolute atomic E-state index is 11.7. The van der Waals surface area contributed by atoms with Gasteiger partial charge in [-0.1, -0.05) is 12.1 Å². The summed E-state index contributed by atoms with van der Waals surface area (Å²) in [5, 5.41) is 25.1. The quantitative estimate of drug-likeness (QED) is 0.273. The van der Waals surface area contributed by atoms with Gasteiger partial charge < -0.3 is 10.6 Å². The van der Waals surface area contributed by atoms with Crippen molar-refractivity contribution in [1.82, 2.24) is 5.32 Å². The van der Waals surface area contributed by atoms with Crippen LogP contribution in [0.4, 0.5) is 11.4 Å². The molecule has 0 aromatic heterocycles. The maximum Gasteiger partial charge on any atom is 0.292 e. The van der Waals surface area contributed by atoms with Crippen molar-refractivity contribution in [3.05, 3.63) is 52.1 Å². The average Bonchev–Trinajstić information content (AvgIpc) is 2.49. The number of nitro benzene ring substituents is 1. The van der Waals surface area contributed by atoms with Gasteiger partial charge in [0.25, 0.3) is 11.6 Å². The number of carbonyl (C=O) groups is 1. The van der Waals surface area contributed by atoms with Crippen LogP contribution < -0.4 is 10.6 Å². The van der Waals surface area contributed by atoms with E-state index in [9.17, 15) is 14.9 Å². The van der Waals surface area contributed by atoms with Crippen LogP contribution in [-0.2, 0) is 4.79 Å². The number of nitriles is 1. The van der Waals surface area contributed by atoms with E-state index in [1.165, 1.54) is 24.3 Å². The van der Waals surface area contributed by atoms with Crippen LogP contribution in [0.15, 0.2) is 36.4 Å². The van der Waals surface area contributed by atoms with E-state index in [0.29, 0.717) is 11.3 Å². The molecule has 0 radical (unpaired) electrons. The molecule has 0 heterocycles. The highest BCUT2D eigenvalue weighted by Crippen LogP contribution is 2.26. The van der Waals surface area contributed by atoms with Crippen LogP contribution in [-0.4, -0.2) is 24.4 Å². The summed E-state index contributed by atoms with van der Waals surface area (Å²) in [6, 6.07) is 6.16. The molecular weight excluding hydrogens is 272 g/mol. The Morgan fingerprint density at radius 3 is 2.81 bits per heavy atom. The zero-order valence-electron chi connectivity index (χ0n) is 11.4. The van der Waals surface area contributed by atoms with E-state index in [4.69, 9.17) is 5.26 Å². The van der Waals surface area contributed by atoms with E-state index in [1.54, 1.807) is 19.2 Å². The van der Waals surface area contributed by atoms with Crippen molar-refractivity contribution in [2.24, 2.45) is 0 Å². The Morgan fingerprint density at radius 1 is 1.57 bits per heavy atom. The lowest BCUT2D eigenvalue weighted by Crippen LogP contribution is -2.24. The van der Waals surface area contributed by atoms with E-state index < -0.39 is 10.8 Å². The van der Waals surface area contributed by atoms with Crippen molar-refractivity contribution >= 4 is 23.4 Å². The van der Waals surface area contributed by atoms with Gasteiger partial charge in [-0.3, -0.25) is 14.9 Å². The summed E-state index contributed by atoms with van der Waals surface area (Å²) in [7, 11) is 1.57. The minimum Gasteiger partial charge on any atom is -0.383 e. The molecule has 1 rings (SSSR count). The molecule has 7 nitrogen and oxygen atoms in total. The van der Waals surface area contributed by atoms with Gasteiger partial charge in [0.05, 0.1) is 4.92 Å². The molecule has 1 amide bonds. The van der Waals surface area contributed by atoms with Crippen LogP contribution in [0, 0.1) is 21.4 Å². The lowest BCUT2D eigenvalue weighted by atomic mass is 10.1. The summed E-state index contributed by atoms with van der Waals surface area (Å²) < 4.78 is 0. The molecule has 0 spiro atoms. The van der Waals surface area contributed by atoms with Crippen molar-refractivity contribution in [2.45, 2.75) is 0 Å². The highest BCUT2D eigenvalue weighted by Gasteiger charge is 2.14. The Hall–Kier alpha value is -3.14. The molecule has 1 aromatic carbocycles. The molecule has 0 aliphatic carbocycles. The molecule has 0 saturated heterocycles. The summed E-state index contributed by atoms with van der Waals surface area (Å²) in [5.74, 6) is -0.558. The maximum atomic E-state index is 11.7. The van der Waals surface area contributed by atoms with Crippen LogP contribution in [0.25, 0.3) is 6.08 Å². The second-order valence-electron chi connectivity index (χ2n) is 3.95. The molecule has 0 unspecified atom stereocenters. The lowest BCUT2D eigenvalue weighted by molar-refractivity contribution is -0.384. The zero-order valence-corrected chi connectivity index (χ0v) is 11.4. The van der Waals surface area contributed by atoms with Crippen LogP contribution in [0.2, 0.25) is 0 Å². The minimum atomic E-state index is -0.558. The van der Waals surface area contributed by atoms with E-state index in [-0.39, 0.29) is 17.8 Å². The average molecular weight is 286 g/mol. The van der Waals surface area contributed by atoms with E-state index >= 15 is 0 Å². The van der Waals surface area contributed by atoms with Crippen molar-refractivity contribution in [3.8, 4) is 6.07 Å². The van der Waals surface area contributed by atoms with Crippen molar-refractivity contribution in [2.75, 3.05) is 18.9 Å². The van der Waals surface area contributed by atoms with Gasteiger partial charge in [-0.2, -0.15) is 5.26 Å². The number of benzene rings is 1. The number of rotatable bonds is 6. The number of carbonyl (C=O) groups excluding carboxylic acids is 1. The van der Waals surface area contributed by atoms with E-state index in [1.807, 2.05) is 0 Å². The fourth-order valence-corrected chi connectivity index (χ4v) is 1.58. The van der Waals surface area contributed by atoms with Crippen LogP contribution in [0.1, 0.15) is 5.56 Å². The molecular formula is C14H14N4O3. The van der Waals surface area contributed by atoms with Gasteiger partial charge in [-0.25, -0.2) is 0 Å². The van der Waals surface area contributed by atoms with Gasteiger partial charge in [-0.15, -0.1) is 6.58 Å². The third-order valence-electron chi connectivity index (χ3n) is 2.57. The van der Waals surface area contributed by atoms with Gasteiger partial charge >= 0.3 is 0 Å². The highest BCUT2D eigenvalue weighted by molar-refractivity contribution is 6.01. The Bertz CT molecular complexity index is 644. The second kappa shape index (κ2) is 7.45. The largest absolute Gasteiger partial charge is 0.383 e. The van der Waals surface area contributed by atoms with Crippen molar-refractivity contribution in [3.63, 3.8) is 0 Å². The lowest BCUT2D eigenvalue weighted by Gasteiger charge is -2.04. The Labute approximate surface area is 121 Å². The molecule has 0 aliphatic rings. The SMILES string of the molecule is C=CCNC(=O)/C(C#N)=C/c1ccc(NC)c([N+](=O)[O-])c1. The minimum absolute atomic E-state index is 0.130. The predicted molar refractivity (Wildman–Crippen MR) is 79.4 cm³/mol. The topological polar surface area (TPSA) is 108 Å². The molecule has 0 saturated carbocycles. The summed E-state index contributed by atoms with van der Waals surface area (Å²) in [6.07, 6.45) is 2.78. The number of nitrogens with one attached hydrogen (secondary N) is 2. The molecule has 0 atom stereocenters. The molecule has 0 fully saturated rings. The first-order chi connectivity index (χ1) is 10.0. The number of hydrogen-bond acceptors (Lipinski definition) is 5. The monoisotopic (exact) mass is 286 g/mol. The van der Waals surface area contributed by atoms with E-state index in [2.05, 4.69) is 17.2 Å². The fourth-order valence-electron chi connectivity index (χ4n) is 1.58. The number of amides is 1. The van der Waals surface area contributed by atoms with E-state index in [0.717, 1.165) is 0 Å². The van der Waals surface area contributed by atoms with Crippen molar-refractivity contribution in [1.29, 1.82) is 5.26 Å². The molecule has 21 heavy (non-hydrogen) atoms. The molecule has 0 bridgehead atoms. The third-order valence-corrected chi connectivity index (χ3v) is 2.57. The van der Waals surface area contributed by atoms with Crippen LogP contribution in [0.5, 0.6) is 0 Å². The molecule has 7 heteroatoms. The number of anilines is 1. The predicted octanol–water partition coefficient (Wildman–Crippen LogP) is 1.85. The van der Waals surface area contributed by atoms with Crippen LogP contribution in [0.3, 0.4) is 0 Å². The molecule has 0 aliphatic heterocycles. The first kappa shape index (κ1) is 15.9. The highest BCUT2D eigenvalue weighted by atomic mass is 16.6. The summed E-state index contributed by atoms with van der Waals surface area (Å²) >= 11 is 0. The zero-order chi connectivity index (χ0) is 15.8.